The number of rotatable bonds is 7. The van der Waals surface area contributed by atoms with E-state index in [0.717, 1.165) is 39.3 Å². The van der Waals surface area contributed by atoms with Crippen molar-refractivity contribution in [2.45, 2.75) is 29.6 Å². The minimum atomic E-state index is -0.0675. The van der Waals surface area contributed by atoms with E-state index in [4.69, 9.17) is 4.74 Å². The molecule has 0 aliphatic carbocycles. The van der Waals surface area contributed by atoms with Crippen molar-refractivity contribution < 1.29 is 9.53 Å². The number of benzene rings is 2. The van der Waals surface area contributed by atoms with Crippen molar-refractivity contribution in [3.63, 3.8) is 0 Å². The van der Waals surface area contributed by atoms with E-state index in [2.05, 4.69) is 17.2 Å². The maximum absolute atomic E-state index is 12.7. The molecule has 0 unspecified atom stereocenters. The van der Waals surface area contributed by atoms with E-state index in [0.29, 0.717) is 12.2 Å². The number of aromatic nitrogens is 1. The highest BCUT2D eigenvalue weighted by atomic mass is 32.2. The zero-order valence-electron chi connectivity index (χ0n) is 14.5. The second-order valence-corrected chi connectivity index (χ2v) is 6.85. The first-order chi connectivity index (χ1) is 12.2. The Morgan fingerprint density at radius 2 is 2.00 bits per heavy atom. The number of unbranched alkanes of at least 4 members (excludes halogenated alkanes) is 1. The summed E-state index contributed by atoms with van der Waals surface area (Å²) in [4.78, 5) is 18.0. The minimum absolute atomic E-state index is 0.0675. The van der Waals surface area contributed by atoms with E-state index in [-0.39, 0.29) is 5.91 Å². The van der Waals surface area contributed by atoms with Crippen LogP contribution in [0.1, 0.15) is 30.3 Å². The van der Waals surface area contributed by atoms with Crippen molar-refractivity contribution >= 4 is 28.6 Å². The Labute approximate surface area is 152 Å². The fraction of sp³-hybridized carbons (Fsp3) is 0.250. The smallest absolute Gasteiger partial charge is 0.268 e. The highest BCUT2D eigenvalue weighted by Gasteiger charge is 2.19. The van der Waals surface area contributed by atoms with Crippen LogP contribution in [0.2, 0.25) is 0 Å². The van der Waals surface area contributed by atoms with Crippen LogP contribution in [0.5, 0.6) is 5.75 Å². The molecule has 0 saturated heterocycles. The molecule has 0 fully saturated rings. The zero-order chi connectivity index (χ0) is 17.6. The second-order valence-electron chi connectivity index (χ2n) is 5.77. The molecule has 0 aliphatic heterocycles. The molecule has 0 atom stereocenters. The maximum Gasteiger partial charge on any atom is 0.268 e. The second kappa shape index (κ2) is 8.12. The van der Waals surface area contributed by atoms with Gasteiger partial charge in [0.25, 0.3) is 5.91 Å². The summed E-state index contributed by atoms with van der Waals surface area (Å²) in [6.45, 7) is 2.79. The largest absolute Gasteiger partial charge is 0.497 e. The van der Waals surface area contributed by atoms with Crippen LogP contribution in [0.3, 0.4) is 0 Å². The van der Waals surface area contributed by atoms with Gasteiger partial charge in [0.05, 0.1) is 17.5 Å². The summed E-state index contributed by atoms with van der Waals surface area (Å²) in [6, 6.07) is 15.9. The van der Waals surface area contributed by atoms with Crippen LogP contribution in [0.15, 0.2) is 58.3 Å². The van der Waals surface area contributed by atoms with Gasteiger partial charge in [0, 0.05) is 22.9 Å². The Hall–Kier alpha value is -2.40. The van der Waals surface area contributed by atoms with Gasteiger partial charge in [-0.1, -0.05) is 43.3 Å². The Bertz CT molecular complexity index is 859. The molecule has 3 aromatic rings. The van der Waals surface area contributed by atoms with Crippen molar-refractivity contribution in [1.29, 1.82) is 0 Å². The molecule has 5 heteroatoms. The first kappa shape index (κ1) is 17.4. The molecule has 1 amide bonds. The quantitative estimate of drug-likeness (QED) is 0.596. The molecule has 0 bridgehead atoms. The lowest BCUT2D eigenvalue weighted by atomic mass is 10.2. The summed E-state index contributed by atoms with van der Waals surface area (Å²) in [5, 5.41) is 4.02. The summed E-state index contributed by atoms with van der Waals surface area (Å²) in [5.74, 6) is 0.699. The summed E-state index contributed by atoms with van der Waals surface area (Å²) >= 11 is 1.60. The normalized spacial score (nSPS) is 10.8. The van der Waals surface area contributed by atoms with E-state index >= 15 is 0 Å². The van der Waals surface area contributed by atoms with E-state index in [1.54, 1.807) is 18.9 Å². The monoisotopic (exact) mass is 354 g/mol. The first-order valence-electron chi connectivity index (χ1n) is 8.43. The molecule has 4 nitrogen and oxygen atoms in total. The number of carbonyl (C=O) groups is 1. The Morgan fingerprint density at radius 3 is 2.72 bits per heavy atom. The van der Waals surface area contributed by atoms with Crippen molar-refractivity contribution in [1.82, 2.24) is 10.3 Å². The predicted octanol–water partition coefficient (Wildman–Crippen LogP) is 4.86. The summed E-state index contributed by atoms with van der Waals surface area (Å²) in [5.41, 5.74) is 1.51. The number of ether oxygens (including phenoxy) is 1. The molecule has 3 rings (SSSR count). The average molecular weight is 354 g/mol. The van der Waals surface area contributed by atoms with Crippen LogP contribution in [0, 0.1) is 0 Å². The fourth-order valence-corrected chi connectivity index (χ4v) is 3.68. The van der Waals surface area contributed by atoms with Crippen LogP contribution in [0.25, 0.3) is 10.9 Å². The zero-order valence-corrected chi connectivity index (χ0v) is 15.3. The lowest BCUT2D eigenvalue weighted by Gasteiger charge is -2.06. The number of carbonyl (C=O) groups excluding carboxylic acids is 1. The van der Waals surface area contributed by atoms with Crippen molar-refractivity contribution in [3.8, 4) is 5.75 Å². The first-order valence-corrected chi connectivity index (χ1v) is 9.25. The molecule has 0 spiro atoms. The van der Waals surface area contributed by atoms with Crippen LogP contribution in [-0.4, -0.2) is 24.5 Å². The lowest BCUT2D eigenvalue weighted by Crippen LogP contribution is -2.25. The number of methoxy groups -OCH3 is 1. The highest BCUT2D eigenvalue weighted by molar-refractivity contribution is 7.99. The molecule has 0 aliphatic rings. The summed E-state index contributed by atoms with van der Waals surface area (Å²) in [7, 11) is 1.64. The van der Waals surface area contributed by atoms with Crippen molar-refractivity contribution in [2.24, 2.45) is 0 Å². The van der Waals surface area contributed by atoms with Gasteiger partial charge < -0.3 is 15.0 Å². The van der Waals surface area contributed by atoms with Crippen molar-refractivity contribution in [3.05, 3.63) is 54.2 Å². The van der Waals surface area contributed by atoms with E-state index < -0.39 is 0 Å². The molecule has 2 aromatic carbocycles. The molecular formula is C20H22N2O2S. The maximum atomic E-state index is 12.7. The molecule has 1 heterocycles. The van der Waals surface area contributed by atoms with Gasteiger partial charge >= 0.3 is 0 Å². The Kier molecular flexibility index (Phi) is 5.66. The number of H-pyrrole nitrogens is 1. The fourth-order valence-electron chi connectivity index (χ4n) is 2.62. The topological polar surface area (TPSA) is 54.1 Å². The standard InChI is InChI=1S/C20H22N2O2S/c1-3-4-12-21-20(23)18-19(25-15-8-6-5-7-9-15)16-11-10-14(24-2)13-17(16)22-18/h5-11,13,22H,3-4,12H2,1-2H3,(H,21,23). The van der Waals surface area contributed by atoms with E-state index in [9.17, 15) is 4.79 Å². The minimum Gasteiger partial charge on any atom is -0.497 e. The molecule has 2 N–H and O–H groups in total. The average Bonchev–Trinajstić information content (AvgIpc) is 3.00. The molecule has 0 saturated carbocycles. The molecule has 25 heavy (non-hydrogen) atoms. The Balaban J connectivity index is 2.00. The SMILES string of the molecule is CCCCNC(=O)c1[nH]c2cc(OC)ccc2c1Sc1ccccc1. The highest BCUT2D eigenvalue weighted by Crippen LogP contribution is 2.37. The van der Waals surface area contributed by atoms with Crippen LogP contribution < -0.4 is 10.1 Å². The predicted molar refractivity (Wildman–Crippen MR) is 103 cm³/mol. The molecule has 0 radical (unpaired) electrons. The number of nitrogens with one attached hydrogen (secondary N) is 2. The third-order valence-electron chi connectivity index (χ3n) is 3.96. The van der Waals surface area contributed by atoms with Gasteiger partial charge in [0.15, 0.2) is 0 Å². The van der Waals surface area contributed by atoms with Crippen molar-refractivity contribution in [2.75, 3.05) is 13.7 Å². The van der Waals surface area contributed by atoms with Gasteiger partial charge in [0.2, 0.25) is 0 Å². The lowest BCUT2D eigenvalue weighted by molar-refractivity contribution is 0.0946. The molecular weight excluding hydrogens is 332 g/mol. The number of hydrogen-bond donors (Lipinski definition) is 2. The van der Waals surface area contributed by atoms with Crippen LogP contribution >= 0.6 is 11.8 Å². The van der Waals surface area contributed by atoms with E-state index in [1.165, 1.54) is 0 Å². The number of amides is 1. The number of fused-ring (bicyclic) bond motifs is 1. The van der Waals surface area contributed by atoms with Gasteiger partial charge in [-0.25, -0.2) is 0 Å². The van der Waals surface area contributed by atoms with Gasteiger partial charge in [-0.05, 0) is 30.7 Å². The third-order valence-corrected chi connectivity index (χ3v) is 5.10. The van der Waals surface area contributed by atoms with Gasteiger partial charge in [-0.3, -0.25) is 4.79 Å². The summed E-state index contributed by atoms with van der Waals surface area (Å²) in [6.07, 6.45) is 2.02. The van der Waals surface area contributed by atoms with Crippen LogP contribution in [-0.2, 0) is 0 Å². The van der Waals surface area contributed by atoms with Crippen LogP contribution in [0.4, 0.5) is 0 Å². The summed E-state index contributed by atoms with van der Waals surface area (Å²) < 4.78 is 5.30. The van der Waals surface area contributed by atoms with E-state index in [1.807, 2.05) is 48.5 Å². The number of hydrogen-bond acceptors (Lipinski definition) is 3. The van der Waals surface area contributed by atoms with Gasteiger partial charge in [-0.2, -0.15) is 0 Å². The van der Waals surface area contributed by atoms with Gasteiger partial charge in [0.1, 0.15) is 11.4 Å². The third kappa shape index (κ3) is 3.99. The number of aromatic amines is 1. The van der Waals surface area contributed by atoms with Gasteiger partial charge in [-0.15, -0.1) is 0 Å². The molecule has 1 aromatic heterocycles. The Morgan fingerprint density at radius 1 is 1.20 bits per heavy atom. The molecule has 130 valence electrons.